The van der Waals surface area contributed by atoms with Crippen molar-refractivity contribution < 1.29 is 24.2 Å². The number of aliphatic imine (C=N–C) groups is 1. The Bertz CT molecular complexity index is 572. The number of aliphatic carboxylic acids is 1. The molecule has 1 N–H and O–H groups in total. The van der Waals surface area contributed by atoms with Crippen molar-refractivity contribution in [1.82, 2.24) is 9.80 Å². The third kappa shape index (κ3) is 3.08. The zero-order valence-corrected chi connectivity index (χ0v) is 13.3. The first-order chi connectivity index (χ1) is 10.3. The SMILES string of the molecule is CC(=O)OCC1=C(C(=O)O)N2C(=O)[C@@H](N=CN(C)C)[C@H]2SC1. The van der Waals surface area contributed by atoms with Crippen LogP contribution >= 0.6 is 11.8 Å². The summed E-state index contributed by atoms with van der Waals surface area (Å²) in [5, 5.41) is 9.05. The van der Waals surface area contributed by atoms with Crippen LogP contribution < -0.4 is 0 Å². The molecule has 1 saturated heterocycles. The lowest BCUT2D eigenvalue weighted by Gasteiger charge is -2.47. The maximum absolute atomic E-state index is 12.2. The van der Waals surface area contributed by atoms with Crippen molar-refractivity contribution in [2.75, 3.05) is 26.5 Å². The highest BCUT2D eigenvalue weighted by molar-refractivity contribution is 8.00. The molecule has 0 aromatic carbocycles. The van der Waals surface area contributed by atoms with Crippen molar-refractivity contribution in [1.29, 1.82) is 0 Å². The second-order valence-corrected chi connectivity index (χ2v) is 6.23. The molecule has 120 valence electrons. The minimum atomic E-state index is -1.20. The summed E-state index contributed by atoms with van der Waals surface area (Å²) in [4.78, 5) is 41.7. The number of nitrogens with zero attached hydrogens (tertiary/aromatic N) is 3. The van der Waals surface area contributed by atoms with E-state index in [1.165, 1.54) is 23.6 Å². The first-order valence-corrected chi connectivity index (χ1v) is 7.61. The quantitative estimate of drug-likeness (QED) is 0.322. The molecule has 8 nitrogen and oxygen atoms in total. The van der Waals surface area contributed by atoms with Crippen LogP contribution in [-0.2, 0) is 19.1 Å². The average Bonchev–Trinajstić information content (AvgIpc) is 2.43. The second-order valence-electron chi connectivity index (χ2n) is 5.12. The van der Waals surface area contributed by atoms with Crippen LogP contribution in [-0.4, -0.2) is 77.0 Å². The van der Waals surface area contributed by atoms with E-state index >= 15 is 0 Å². The molecule has 2 rings (SSSR count). The van der Waals surface area contributed by atoms with E-state index in [1.807, 2.05) is 0 Å². The maximum atomic E-state index is 12.2. The largest absolute Gasteiger partial charge is 0.477 e. The molecule has 0 spiro atoms. The summed E-state index contributed by atoms with van der Waals surface area (Å²) in [7, 11) is 3.58. The molecule has 9 heteroatoms. The Kier molecular flexibility index (Phi) is 4.74. The van der Waals surface area contributed by atoms with Gasteiger partial charge in [-0.15, -0.1) is 11.8 Å². The van der Waals surface area contributed by atoms with E-state index in [9.17, 15) is 19.5 Å². The summed E-state index contributed by atoms with van der Waals surface area (Å²) < 4.78 is 4.86. The predicted molar refractivity (Wildman–Crippen MR) is 80.4 cm³/mol. The molecule has 2 aliphatic heterocycles. The molecule has 0 saturated carbocycles. The van der Waals surface area contributed by atoms with Crippen LogP contribution in [0.15, 0.2) is 16.3 Å². The Morgan fingerprint density at radius 2 is 2.23 bits per heavy atom. The van der Waals surface area contributed by atoms with E-state index in [1.54, 1.807) is 25.3 Å². The second kappa shape index (κ2) is 6.39. The van der Waals surface area contributed by atoms with Gasteiger partial charge in [0.05, 0.1) is 6.34 Å². The number of hydrogen-bond acceptors (Lipinski definition) is 6. The van der Waals surface area contributed by atoms with E-state index in [-0.39, 0.29) is 23.6 Å². The molecule has 2 atom stereocenters. The summed E-state index contributed by atoms with van der Waals surface area (Å²) in [5.74, 6) is -1.66. The van der Waals surface area contributed by atoms with E-state index in [4.69, 9.17) is 4.74 Å². The van der Waals surface area contributed by atoms with E-state index in [0.29, 0.717) is 11.3 Å². The van der Waals surface area contributed by atoms with Crippen LogP contribution in [0, 0.1) is 0 Å². The number of fused-ring (bicyclic) bond motifs is 1. The van der Waals surface area contributed by atoms with Gasteiger partial charge in [-0.2, -0.15) is 0 Å². The van der Waals surface area contributed by atoms with Crippen molar-refractivity contribution in [2.45, 2.75) is 18.3 Å². The smallest absolute Gasteiger partial charge is 0.352 e. The van der Waals surface area contributed by atoms with Gasteiger partial charge in [0, 0.05) is 32.3 Å². The molecule has 0 unspecified atom stereocenters. The molecule has 2 heterocycles. The van der Waals surface area contributed by atoms with Gasteiger partial charge in [-0.3, -0.25) is 19.5 Å². The Labute approximate surface area is 131 Å². The van der Waals surface area contributed by atoms with E-state index in [0.717, 1.165) is 0 Å². The van der Waals surface area contributed by atoms with Gasteiger partial charge in [0.15, 0.2) is 6.04 Å². The number of carbonyl (C=O) groups excluding carboxylic acids is 2. The number of amides is 1. The molecule has 0 bridgehead atoms. The highest BCUT2D eigenvalue weighted by atomic mass is 32.2. The zero-order valence-electron chi connectivity index (χ0n) is 12.5. The summed E-state index contributed by atoms with van der Waals surface area (Å²) in [6, 6.07) is -0.572. The molecule has 0 aromatic heterocycles. The molecule has 1 amide bonds. The summed E-state index contributed by atoms with van der Waals surface area (Å²) in [5.41, 5.74) is 0.332. The fourth-order valence-corrected chi connectivity index (χ4v) is 3.49. The fourth-order valence-electron chi connectivity index (χ4n) is 2.17. The molecule has 0 aromatic rings. The Morgan fingerprint density at radius 3 is 2.77 bits per heavy atom. The average molecular weight is 327 g/mol. The number of β-lactam (4-membered cyclic amide) rings is 1. The van der Waals surface area contributed by atoms with Gasteiger partial charge in [0.1, 0.15) is 17.7 Å². The molecular formula is C13H17N3O5S. The first kappa shape index (κ1) is 16.3. The monoisotopic (exact) mass is 327 g/mol. The highest BCUT2D eigenvalue weighted by Gasteiger charge is 2.53. The van der Waals surface area contributed by atoms with Gasteiger partial charge in [-0.05, 0) is 0 Å². The molecule has 22 heavy (non-hydrogen) atoms. The van der Waals surface area contributed by atoms with E-state index < -0.39 is 18.0 Å². The number of carboxylic acid groups (broad SMARTS) is 1. The van der Waals surface area contributed by atoms with Gasteiger partial charge in [0.2, 0.25) is 0 Å². The molecule has 1 fully saturated rings. The third-order valence-corrected chi connectivity index (χ3v) is 4.45. The third-order valence-electron chi connectivity index (χ3n) is 3.13. The Balaban J connectivity index is 2.21. The van der Waals surface area contributed by atoms with Crippen LogP contribution in [0.4, 0.5) is 0 Å². The van der Waals surface area contributed by atoms with Crippen molar-refractivity contribution in [3.8, 4) is 0 Å². The highest BCUT2D eigenvalue weighted by Crippen LogP contribution is 2.41. The summed E-state index contributed by atoms with van der Waals surface area (Å²) in [6.45, 7) is 1.13. The number of carbonyl (C=O) groups is 3. The lowest BCUT2D eigenvalue weighted by atomic mass is 10.0. The van der Waals surface area contributed by atoms with Crippen molar-refractivity contribution >= 4 is 35.9 Å². The zero-order chi connectivity index (χ0) is 16.4. The lowest BCUT2D eigenvalue weighted by Crippen LogP contribution is -2.64. The number of ether oxygens (including phenoxy) is 1. The number of rotatable bonds is 5. The summed E-state index contributed by atoms with van der Waals surface area (Å²) >= 11 is 1.42. The minimum Gasteiger partial charge on any atom is -0.477 e. The molecule has 0 radical (unpaired) electrons. The standard InChI is InChI=1S/C13H17N3O5S/c1-7(17)21-4-8-5-22-12-9(14-6-15(2)3)11(18)16(12)10(8)13(19)20/h6,9,12H,4-5H2,1-3H3,(H,19,20)/t9-,12-/m1/s1. The normalized spacial score (nSPS) is 24.1. The number of carboxylic acids is 1. The number of thioether (sulfide) groups is 1. The lowest BCUT2D eigenvalue weighted by molar-refractivity contribution is -0.148. The van der Waals surface area contributed by atoms with Crippen molar-refractivity contribution in [2.24, 2.45) is 4.99 Å². The molecule has 2 aliphatic rings. The van der Waals surface area contributed by atoms with Crippen LogP contribution in [0.25, 0.3) is 0 Å². The molecular weight excluding hydrogens is 310 g/mol. The van der Waals surface area contributed by atoms with Crippen LogP contribution in [0.1, 0.15) is 6.92 Å². The van der Waals surface area contributed by atoms with Crippen molar-refractivity contribution in [3.05, 3.63) is 11.3 Å². The van der Waals surface area contributed by atoms with Gasteiger partial charge in [-0.25, -0.2) is 4.79 Å². The van der Waals surface area contributed by atoms with Crippen LogP contribution in [0.5, 0.6) is 0 Å². The van der Waals surface area contributed by atoms with Gasteiger partial charge >= 0.3 is 11.9 Å². The maximum Gasteiger partial charge on any atom is 0.352 e. The van der Waals surface area contributed by atoms with Crippen LogP contribution in [0.2, 0.25) is 0 Å². The van der Waals surface area contributed by atoms with Crippen molar-refractivity contribution in [3.63, 3.8) is 0 Å². The van der Waals surface area contributed by atoms with Gasteiger partial charge < -0.3 is 14.7 Å². The van der Waals surface area contributed by atoms with Gasteiger partial charge in [0.25, 0.3) is 5.91 Å². The minimum absolute atomic E-state index is 0.0914. The fraction of sp³-hybridized carbons (Fsp3) is 0.538. The topological polar surface area (TPSA) is 99.5 Å². The number of esters is 1. The van der Waals surface area contributed by atoms with Crippen LogP contribution in [0.3, 0.4) is 0 Å². The first-order valence-electron chi connectivity index (χ1n) is 6.56. The van der Waals surface area contributed by atoms with E-state index in [2.05, 4.69) is 4.99 Å². The summed E-state index contributed by atoms with van der Waals surface area (Å²) in [6.07, 6.45) is 1.54. The van der Waals surface area contributed by atoms with Gasteiger partial charge in [-0.1, -0.05) is 0 Å². The number of hydrogen-bond donors (Lipinski definition) is 1. The molecule has 0 aliphatic carbocycles. The Morgan fingerprint density at radius 1 is 1.55 bits per heavy atom. The predicted octanol–water partition coefficient (Wildman–Crippen LogP) is -0.238. The Hall–Kier alpha value is -2.03.